The fraction of sp³-hybridized carbons (Fsp3) is 0.692. The summed E-state index contributed by atoms with van der Waals surface area (Å²) in [6.45, 7) is 4.89. The zero-order valence-corrected chi connectivity index (χ0v) is 10.6. The Morgan fingerprint density at radius 2 is 2.41 bits per heavy atom. The predicted octanol–water partition coefficient (Wildman–Crippen LogP) is 2.00. The molecule has 0 radical (unpaired) electrons. The van der Waals surface area contributed by atoms with E-state index in [1.807, 2.05) is 14.0 Å². The van der Waals surface area contributed by atoms with Crippen molar-refractivity contribution in [2.24, 2.45) is 0 Å². The van der Waals surface area contributed by atoms with Gasteiger partial charge in [-0.3, -0.25) is 0 Å². The van der Waals surface area contributed by atoms with E-state index >= 15 is 0 Å². The molecule has 1 aromatic rings. The first-order valence-electron chi connectivity index (χ1n) is 6.21. The molecule has 2 rings (SSSR count). The van der Waals surface area contributed by atoms with Gasteiger partial charge in [-0.2, -0.15) is 0 Å². The van der Waals surface area contributed by atoms with E-state index in [9.17, 15) is 0 Å². The highest BCUT2D eigenvalue weighted by atomic mass is 16.5. The van der Waals surface area contributed by atoms with Crippen LogP contribution in [0.1, 0.15) is 29.9 Å². The Hall–Kier alpha value is -0.840. The van der Waals surface area contributed by atoms with E-state index in [1.165, 1.54) is 5.56 Å². The summed E-state index contributed by atoms with van der Waals surface area (Å²) in [5, 5.41) is 3.12. The van der Waals surface area contributed by atoms with Crippen molar-refractivity contribution in [3.05, 3.63) is 23.2 Å². The first kappa shape index (κ1) is 12.6. The molecule has 4 heteroatoms. The van der Waals surface area contributed by atoms with Crippen LogP contribution < -0.4 is 5.32 Å². The molecule has 1 fully saturated rings. The Labute approximate surface area is 102 Å². The van der Waals surface area contributed by atoms with Gasteiger partial charge in [0, 0.05) is 18.7 Å². The van der Waals surface area contributed by atoms with E-state index in [4.69, 9.17) is 13.9 Å². The second-order valence-corrected chi connectivity index (χ2v) is 4.47. The normalized spacial score (nSPS) is 20.0. The van der Waals surface area contributed by atoms with E-state index in [2.05, 4.69) is 11.4 Å². The third kappa shape index (κ3) is 3.56. The molecular weight excluding hydrogens is 218 g/mol. The molecule has 1 aliphatic rings. The van der Waals surface area contributed by atoms with Crippen LogP contribution in [0.15, 0.2) is 10.5 Å². The highest BCUT2D eigenvalue weighted by Gasteiger charge is 2.15. The van der Waals surface area contributed by atoms with E-state index < -0.39 is 0 Å². The largest absolute Gasteiger partial charge is 0.464 e. The van der Waals surface area contributed by atoms with Crippen molar-refractivity contribution in [2.75, 3.05) is 20.3 Å². The van der Waals surface area contributed by atoms with Gasteiger partial charge in [-0.15, -0.1) is 0 Å². The lowest BCUT2D eigenvalue weighted by Crippen LogP contribution is -2.13. The quantitative estimate of drug-likeness (QED) is 0.824. The summed E-state index contributed by atoms with van der Waals surface area (Å²) in [6.07, 6.45) is 2.55. The Morgan fingerprint density at radius 1 is 1.53 bits per heavy atom. The highest BCUT2D eigenvalue weighted by molar-refractivity contribution is 5.20. The zero-order valence-electron chi connectivity index (χ0n) is 10.6. The molecular formula is C13H21NO3. The van der Waals surface area contributed by atoms with Crippen molar-refractivity contribution >= 4 is 0 Å². The van der Waals surface area contributed by atoms with Crippen molar-refractivity contribution in [3.63, 3.8) is 0 Å². The summed E-state index contributed by atoms with van der Waals surface area (Å²) in [5.41, 5.74) is 1.20. The molecule has 0 saturated carbocycles. The number of hydrogen-bond donors (Lipinski definition) is 1. The minimum Gasteiger partial charge on any atom is -0.464 e. The van der Waals surface area contributed by atoms with Crippen LogP contribution in [0.4, 0.5) is 0 Å². The van der Waals surface area contributed by atoms with Crippen LogP contribution in [0.3, 0.4) is 0 Å². The third-order valence-corrected chi connectivity index (χ3v) is 3.01. The Kier molecular flexibility index (Phi) is 4.59. The smallest absolute Gasteiger partial charge is 0.130 e. The molecule has 0 spiro atoms. The summed E-state index contributed by atoms with van der Waals surface area (Å²) >= 11 is 0. The lowest BCUT2D eigenvalue weighted by molar-refractivity contribution is 0.00566. The number of hydrogen-bond acceptors (Lipinski definition) is 4. The van der Waals surface area contributed by atoms with Crippen LogP contribution in [0.5, 0.6) is 0 Å². The average Bonchev–Trinajstić information content (AvgIpc) is 2.91. The Balaban J connectivity index is 1.76. The standard InChI is InChI=1S/C13H21NO3/c1-10-11(7-14-2)6-13(17-10)9-15-8-12-4-3-5-16-12/h6,12,14H,3-5,7-9H2,1-2H3. The van der Waals surface area contributed by atoms with E-state index in [1.54, 1.807) is 0 Å². The summed E-state index contributed by atoms with van der Waals surface area (Å²) in [6, 6.07) is 2.06. The SMILES string of the molecule is CNCc1cc(COCC2CCCO2)oc1C. The van der Waals surface area contributed by atoms with Crippen molar-refractivity contribution in [1.82, 2.24) is 5.32 Å². The molecule has 1 unspecified atom stereocenters. The maximum atomic E-state index is 5.63. The van der Waals surface area contributed by atoms with Gasteiger partial charge in [0.2, 0.25) is 0 Å². The van der Waals surface area contributed by atoms with Crippen molar-refractivity contribution in [3.8, 4) is 0 Å². The molecule has 1 aliphatic heterocycles. The summed E-state index contributed by atoms with van der Waals surface area (Å²) in [7, 11) is 1.93. The van der Waals surface area contributed by atoms with Gasteiger partial charge in [0.25, 0.3) is 0 Å². The molecule has 2 heterocycles. The molecule has 17 heavy (non-hydrogen) atoms. The fourth-order valence-electron chi connectivity index (χ4n) is 2.09. The minimum absolute atomic E-state index is 0.280. The van der Waals surface area contributed by atoms with E-state index in [-0.39, 0.29) is 6.10 Å². The van der Waals surface area contributed by atoms with Gasteiger partial charge in [0.05, 0.1) is 12.7 Å². The van der Waals surface area contributed by atoms with Crippen molar-refractivity contribution < 1.29 is 13.9 Å². The number of aryl methyl sites for hydroxylation is 1. The molecule has 96 valence electrons. The lowest BCUT2D eigenvalue weighted by Gasteiger charge is -2.08. The molecule has 1 aromatic heterocycles. The Morgan fingerprint density at radius 3 is 3.12 bits per heavy atom. The fourth-order valence-corrected chi connectivity index (χ4v) is 2.09. The second-order valence-electron chi connectivity index (χ2n) is 4.47. The molecule has 0 bridgehead atoms. The van der Waals surface area contributed by atoms with Gasteiger partial charge < -0.3 is 19.2 Å². The van der Waals surface area contributed by atoms with E-state index in [0.717, 1.165) is 37.5 Å². The second kappa shape index (κ2) is 6.19. The number of furan rings is 1. The third-order valence-electron chi connectivity index (χ3n) is 3.01. The van der Waals surface area contributed by atoms with E-state index in [0.29, 0.717) is 13.2 Å². The lowest BCUT2D eigenvalue weighted by atomic mass is 10.2. The van der Waals surface area contributed by atoms with Crippen LogP contribution in [0.25, 0.3) is 0 Å². The summed E-state index contributed by atoms with van der Waals surface area (Å²) in [4.78, 5) is 0. The zero-order chi connectivity index (χ0) is 12.1. The topological polar surface area (TPSA) is 43.6 Å². The average molecular weight is 239 g/mol. The van der Waals surface area contributed by atoms with Crippen LogP contribution >= 0.6 is 0 Å². The molecule has 1 N–H and O–H groups in total. The van der Waals surface area contributed by atoms with Crippen LogP contribution in [-0.4, -0.2) is 26.4 Å². The summed E-state index contributed by atoms with van der Waals surface area (Å²) < 4.78 is 16.7. The first-order chi connectivity index (χ1) is 8.29. The van der Waals surface area contributed by atoms with Crippen molar-refractivity contribution in [1.29, 1.82) is 0 Å². The van der Waals surface area contributed by atoms with Gasteiger partial charge in [-0.25, -0.2) is 0 Å². The summed E-state index contributed by atoms with van der Waals surface area (Å²) in [5.74, 6) is 1.86. The highest BCUT2D eigenvalue weighted by Crippen LogP contribution is 2.17. The van der Waals surface area contributed by atoms with Gasteiger partial charge in [0.1, 0.15) is 18.1 Å². The number of nitrogens with one attached hydrogen (secondary N) is 1. The predicted molar refractivity (Wildman–Crippen MR) is 64.8 cm³/mol. The Bertz CT molecular complexity index is 342. The van der Waals surface area contributed by atoms with Gasteiger partial charge in [-0.05, 0) is 32.9 Å². The van der Waals surface area contributed by atoms with Crippen LogP contribution in [0, 0.1) is 6.92 Å². The molecule has 0 aromatic carbocycles. The van der Waals surface area contributed by atoms with Crippen LogP contribution in [0.2, 0.25) is 0 Å². The maximum absolute atomic E-state index is 5.63. The number of ether oxygens (including phenoxy) is 2. The molecule has 0 aliphatic carbocycles. The first-order valence-corrected chi connectivity index (χ1v) is 6.21. The molecule has 1 atom stereocenters. The molecule has 1 saturated heterocycles. The number of rotatable bonds is 6. The van der Waals surface area contributed by atoms with Crippen LogP contribution in [-0.2, 0) is 22.6 Å². The van der Waals surface area contributed by atoms with Crippen molar-refractivity contribution in [2.45, 2.75) is 39.0 Å². The molecule has 4 nitrogen and oxygen atoms in total. The minimum atomic E-state index is 0.280. The van der Waals surface area contributed by atoms with Gasteiger partial charge in [0.15, 0.2) is 0 Å². The maximum Gasteiger partial charge on any atom is 0.130 e. The van der Waals surface area contributed by atoms with Gasteiger partial charge >= 0.3 is 0 Å². The monoisotopic (exact) mass is 239 g/mol. The molecule has 0 amide bonds. The van der Waals surface area contributed by atoms with Gasteiger partial charge in [-0.1, -0.05) is 0 Å².